The van der Waals surface area contributed by atoms with Crippen LogP contribution in [0, 0.1) is 6.92 Å². The Labute approximate surface area is 185 Å². The zero-order chi connectivity index (χ0) is 22.2. The first-order valence-electron chi connectivity index (χ1n) is 10.4. The maximum absolute atomic E-state index is 13.0. The minimum absolute atomic E-state index is 0.0870. The van der Waals surface area contributed by atoms with Gasteiger partial charge in [0.15, 0.2) is 18.1 Å². The van der Waals surface area contributed by atoms with E-state index in [1.807, 2.05) is 67.2 Å². The van der Waals surface area contributed by atoms with Gasteiger partial charge in [-0.15, -0.1) is 0 Å². The fraction of sp³-hybridized carbons (Fsp3) is 0.111. The van der Waals surface area contributed by atoms with Gasteiger partial charge < -0.3 is 14.0 Å². The van der Waals surface area contributed by atoms with E-state index in [2.05, 4.69) is 0 Å². The molecule has 0 radical (unpaired) electrons. The zero-order valence-corrected chi connectivity index (χ0v) is 17.8. The molecule has 1 aliphatic heterocycles. The third-order valence-corrected chi connectivity index (χ3v) is 5.71. The summed E-state index contributed by atoms with van der Waals surface area (Å²) in [4.78, 5) is 25.3. The number of aryl methyl sites for hydroxylation is 1. The number of aromatic nitrogens is 1. The van der Waals surface area contributed by atoms with Gasteiger partial charge in [-0.25, -0.2) is 0 Å². The molecule has 3 aromatic carbocycles. The number of para-hydroxylation sites is 1. The second-order valence-corrected chi connectivity index (χ2v) is 7.80. The Balaban J connectivity index is 1.41. The van der Waals surface area contributed by atoms with E-state index in [4.69, 9.17) is 9.47 Å². The van der Waals surface area contributed by atoms with Crippen LogP contribution in [0.3, 0.4) is 0 Å². The maximum atomic E-state index is 13.0. The van der Waals surface area contributed by atoms with Crippen LogP contribution in [0.15, 0.2) is 78.7 Å². The number of Topliss-reactive ketones (excluding diaryl/α,β-unsaturated/α-hetero) is 2. The molecule has 0 atom stereocenters. The summed E-state index contributed by atoms with van der Waals surface area (Å²) in [5.41, 5.74) is 3.78. The molecule has 1 aromatic heterocycles. The van der Waals surface area contributed by atoms with Crippen molar-refractivity contribution in [2.24, 2.45) is 7.05 Å². The quantitative estimate of drug-likeness (QED) is 0.320. The van der Waals surface area contributed by atoms with Crippen LogP contribution in [0.25, 0.3) is 17.0 Å². The molecule has 0 N–H and O–H groups in total. The second-order valence-electron chi connectivity index (χ2n) is 7.80. The molecule has 0 fully saturated rings. The van der Waals surface area contributed by atoms with Gasteiger partial charge >= 0.3 is 0 Å². The van der Waals surface area contributed by atoms with Crippen LogP contribution in [-0.2, 0) is 7.05 Å². The van der Waals surface area contributed by atoms with Crippen molar-refractivity contribution in [3.05, 3.63) is 101 Å². The highest BCUT2D eigenvalue weighted by Gasteiger charge is 2.30. The average molecular weight is 423 g/mol. The Morgan fingerprint density at radius 1 is 1.03 bits per heavy atom. The van der Waals surface area contributed by atoms with Crippen molar-refractivity contribution in [3.8, 4) is 11.5 Å². The predicted molar refractivity (Wildman–Crippen MR) is 123 cm³/mol. The number of carbonyl (C=O) groups excluding carboxylic acids is 2. The van der Waals surface area contributed by atoms with Gasteiger partial charge in [-0.1, -0.05) is 48.5 Å². The molecular formula is C27H21NO4. The molecular weight excluding hydrogens is 402 g/mol. The van der Waals surface area contributed by atoms with E-state index in [1.54, 1.807) is 30.3 Å². The van der Waals surface area contributed by atoms with E-state index in [1.165, 1.54) is 0 Å². The minimum Gasteiger partial charge on any atom is -0.485 e. The first-order chi connectivity index (χ1) is 15.5. The summed E-state index contributed by atoms with van der Waals surface area (Å²) in [7, 11) is 1.97. The molecule has 0 amide bonds. The molecule has 5 rings (SSSR count). The molecule has 0 unspecified atom stereocenters. The number of carbonyl (C=O) groups is 2. The van der Waals surface area contributed by atoms with Gasteiger partial charge in [-0.2, -0.15) is 0 Å². The molecule has 5 heteroatoms. The molecule has 0 aliphatic carbocycles. The molecule has 0 saturated carbocycles. The fourth-order valence-electron chi connectivity index (χ4n) is 4.00. The summed E-state index contributed by atoms with van der Waals surface area (Å²) in [5.74, 6) is 0.998. The standard InChI is InChI=1S/C27H21NO4/c1-17-24(31-16-23(29)18-8-4-3-5-9-18)13-12-21-26(30)25(32-27(17)21)14-19-15-28(2)22-11-7-6-10-20(19)22/h3-15H,16H2,1-2H3/b25-14-. The van der Waals surface area contributed by atoms with Crippen molar-refractivity contribution < 1.29 is 19.1 Å². The smallest absolute Gasteiger partial charge is 0.231 e. The Morgan fingerprint density at radius 2 is 1.78 bits per heavy atom. The van der Waals surface area contributed by atoms with Crippen LogP contribution in [0.5, 0.6) is 11.5 Å². The van der Waals surface area contributed by atoms with E-state index in [9.17, 15) is 9.59 Å². The van der Waals surface area contributed by atoms with Gasteiger partial charge in [0.05, 0.1) is 5.56 Å². The van der Waals surface area contributed by atoms with Crippen molar-refractivity contribution in [3.63, 3.8) is 0 Å². The van der Waals surface area contributed by atoms with E-state index in [0.717, 1.165) is 16.5 Å². The van der Waals surface area contributed by atoms with Crippen LogP contribution in [-0.4, -0.2) is 22.7 Å². The van der Waals surface area contributed by atoms with Crippen molar-refractivity contribution in [1.29, 1.82) is 0 Å². The highest BCUT2D eigenvalue weighted by Crippen LogP contribution is 2.39. The number of hydrogen-bond acceptors (Lipinski definition) is 4. The monoisotopic (exact) mass is 423 g/mol. The first kappa shape index (κ1) is 19.8. The van der Waals surface area contributed by atoms with Crippen molar-refractivity contribution in [2.75, 3.05) is 6.61 Å². The molecule has 2 heterocycles. The average Bonchev–Trinajstić information content (AvgIpc) is 3.31. The number of fused-ring (bicyclic) bond motifs is 2. The Morgan fingerprint density at radius 3 is 2.59 bits per heavy atom. The molecule has 4 aromatic rings. The van der Waals surface area contributed by atoms with E-state index < -0.39 is 0 Å². The third-order valence-electron chi connectivity index (χ3n) is 5.71. The molecule has 0 bridgehead atoms. The van der Waals surface area contributed by atoms with Gasteiger partial charge in [0, 0.05) is 40.8 Å². The van der Waals surface area contributed by atoms with Crippen molar-refractivity contribution in [1.82, 2.24) is 4.57 Å². The summed E-state index contributed by atoms with van der Waals surface area (Å²) < 4.78 is 13.8. The number of rotatable bonds is 5. The summed E-state index contributed by atoms with van der Waals surface area (Å²) >= 11 is 0. The maximum Gasteiger partial charge on any atom is 0.231 e. The number of ketones is 2. The fourth-order valence-corrected chi connectivity index (χ4v) is 4.00. The summed E-state index contributed by atoms with van der Waals surface area (Å²) in [5, 5.41) is 1.05. The zero-order valence-electron chi connectivity index (χ0n) is 17.8. The Kier molecular flexibility index (Phi) is 4.86. The number of benzene rings is 3. The number of allylic oxidation sites excluding steroid dienone is 1. The van der Waals surface area contributed by atoms with E-state index >= 15 is 0 Å². The lowest BCUT2D eigenvalue weighted by Crippen LogP contribution is -2.12. The van der Waals surface area contributed by atoms with Gasteiger partial charge in [0.25, 0.3) is 0 Å². The third kappa shape index (κ3) is 3.38. The van der Waals surface area contributed by atoms with Crippen LogP contribution >= 0.6 is 0 Å². The van der Waals surface area contributed by atoms with Crippen LogP contribution in [0.1, 0.15) is 31.8 Å². The molecule has 0 spiro atoms. The summed E-state index contributed by atoms with van der Waals surface area (Å²) in [6.07, 6.45) is 3.76. The molecule has 158 valence electrons. The van der Waals surface area contributed by atoms with E-state index in [0.29, 0.717) is 28.2 Å². The highest BCUT2D eigenvalue weighted by molar-refractivity contribution is 6.15. The number of ether oxygens (including phenoxy) is 2. The Hall–Kier alpha value is -4.12. The lowest BCUT2D eigenvalue weighted by Gasteiger charge is -2.11. The van der Waals surface area contributed by atoms with Gasteiger partial charge in [0.2, 0.25) is 5.78 Å². The van der Waals surface area contributed by atoms with Crippen molar-refractivity contribution in [2.45, 2.75) is 6.92 Å². The molecule has 5 nitrogen and oxygen atoms in total. The lowest BCUT2D eigenvalue weighted by molar-refractivity contribution is 0.0920. The van der Waals surface area contributed by atoms with Crippen LogP contribution < -0.4 is 9.47 Å². The first-order valence-corrected chi connectivity index (χ1v) is 10.4. The normalized spacial score (nSPS) is 13.9. The summed E-state index contributed by atoms with van der Waals surface area (Å²) in [6.45, 7) is 1.74. The van der Waals surface area contributed by atoms with Crippen LogP contribution in [0.4, 0.5) is 0 Å². The molecule has 0 saturated heterocycles. The molecule has 1 aliphatic rings. The topological polar surface area (TPSA) is 57.5 Å². The number of nitrogens with zero attached hydrogens (tertiary/aromatic N) is 1. The van der Waals surface area contributed by atoms with E-state index in [-0.39, 0.29) is 23.9 Å². The minimum atomic E-state index is -0.164. The highest BCUT2D eigenvalue weighted by atomic mass is 16.5. The van der Waals surface area contributed by atoms with Gasteiger partial charge in [-0.3, -0.25) is 9.59 Å². The van der Waals surface area contributed by atoms with Gasteiger partial charge in [-0.05, 0) is 31.2 Å². The SMILES string of the molecule is Cc1c(OCC(=O)c2ccccc2)ccc2c1O/C(=C\c1cn(C)c3ccccc13)C2=O. The summed E-state index contributed by atoms with van der Waals surface area (Å²) in [6, 6.07) is 20.4. The molecule has 32 heavy (non-hydrogen) atoms. The van der Waals surface area contributed by atoms with Crippen LogP contribution in [0.2, 0.25) is 0 Å². The largest absolute Gasteiger partial charge is 0.485 e. The van der Waals surface area contributed by atoms with Gasteiger partial charge in [0.1, 0.15) is 11.5 Å². The lowest BCUT2D eigenvalue weighted by atomic mass is 10.1. The second kappa shape index (κ2) is 7.85. The predicted octanol–water partition coefficient (Wildman–Crippen LogP) is 5.36. The Bertz CT molecular complexity index is 1400. The number of hydrogen-bond donors (Lipinski definition) is 0. The van der Waals surface area contributed by atoms with Crippen molar-refractivity contribution >= 4 is 28.5 Å².